The monoisotopic (exact) mass is 153 g/mol. The van der Waals surface area contributed by atoms with Crippen LogP contribution in [0.5, 0.6) is 0 Å². The zero-order valence-corrected chi connectivity index (χ0v) is 6.64. The summed E-state index contributed by atoms with van der Waals surface area (Å²) in [6, 6.07) is 0. The highest BCUT2D eigenvalue weighted by Gasteiger charge is 2.09. The van der Waals surface area contributed by atoms with Crippen molar-refractivity contribution in [3.8, 4) is 0 Å². The molecule has 2 heteroatoms. The van der Waals surface area contributed by atoms with Crippen LogP contribution < -0.4 is 5.11 Å². The van der Waals surface area contributed by atoms with E-state index in [1.165, 1.54) is 0 Å². The summed E-state index contributed by atoms with van der Waals surface area (Å²) in [6.45, 7) is 0. The number of hydrogen-bond acceptors (Lipinski definition) is 2. The van der Waals surface area contributed by atoms with Crippen molar-refractivity contribution in [1.82, 2.24) is 0 Å². The van der Waals surface area contributed by atoms with Crippen LogP contribution in [0.3, 0.4) is 0 Å². The van der Waals surface area contributed by atoms with E-state index in [-0.39, 0.29) is 5.78 Å². The predicted molar refractivity (Wildman–Crippen MR) is 40.8 cm³/mol. The van der Waals surface area contributed by atoms with Gasteiger partial charge in [-0.2, -0.15) is 0 Å². The zero-order valence-electron chi connectivity index (χ0n) is 6.64. The molecule has 1 aliphatic carbocycles. The second-order valence-corrected chi connectivity index (χ2v) is 2.98. The van der Waals surface area contributed by atoms with E-state index in [0.717, 1.165) is 31.9 Å². The van der Waals surface area contributed by atoms with Crippen LogP contribution >= 0.6 is 0 Å². The summed E-state index contributed by atoms with van der Waals surface area (Å²) in [6.07, 6.45) is 6.25. The number of allylic oxidation sites excluding steroid dienone is 1. The van der Waals surface area contributed by atoms with Crippen LogP contribution in [-0.4, -0.2) is 5.78 Å². The molecule has 0 N–H and O–H groups in total. The Kier molecular flexibility index (Phi) is 3.14. The summed E-state index contributed by atoms with van der Waals surface area (Å²) in [5.41, 5.74) is 0.504. The maximum Gasteiger partial charge on any atom is 0.157 e. The molecule has 1 aliphatic rings. The number of Topliss-reactive ketones (excluding diaryl/α,β-unsaturated/α-hetero) is 1. The van der Waals surface area contributed by atoms with E-state index in [0.29, 0.717) is 18.4 Å². The Morgan fingerprint density at radius 3 is 2.36 bits per heavy atom. The third-order valence-corrected chi connectivity index (χ3v) is 2.10. The Morgan fingerprint density at radius 1 is 1.09 bits per heavy atom. The van der Waals surface area contributed by atoms with Crippen molar-refractivity contribution in [3.63, 3.8) is 0 Å². The van der Waals surface area contributed by atoms with Crippen molar-refractivity contribution in [2.45, 2.75) is 38.5 Å². The molecule has 0 atom stereocenters. The van der Waals surface area contributed by atoms with Crippen molar-refractivity contribution in [3.05, 3.63) is 11.8 Å². The molecule has 0 aliphatic heterocycles. The number of carbonyl (C=O) groups is 1. The molecule has 0 saturated heterocycles. The minimum atomic E-state index is 0.0692. The molecular weight excluding hydrogens is 140 g/mol. The lowest BCUT2D eigenvalue weighted by Gasteiger charge is -2.11. The van der Waals surface area contributed by atoms with Crippen molar-refractivity contribution in [2.24, 2.45) is 0 Å². The van der Waals surface area contributed by atoms with Gasteiger partial charge in [-0.05, 0) is 24.8 Å². The summed E-state index contributed by atoms with van der Waals surface area (Å²) >= 11 is 0. The van der Waals surface area contributed by atoms with Crippen molar-refractivity contribution in [2.75, 3.05) is 0 Å². The van der Waals surface area contributed by atoms with E-state index < -0.39 is 0 Å². The largest absolute Gasteiger partial charge is 0.878 e. The molecule has 62 valence electrons. The van der Waals surface area contributed by atoms with Crippen molar-refractivity contribution < 1.29 is 9.90 Å². The van der Waals surface area contributed by atoms with Gasteiger partial charge in [-0.3, -0.25) is 4.79 Å². The molecular formula is C9H13O2-. The Morgan fingerprint density at radius 2 is 1.73 bits per heavy atom. The number of hydrogen-bond donors (Lipinski definition) is 0. The molecule has 0 aromatic carbocycles. The first-order valence-electron chi connectivity index (χ1n) is 4.19. The summed E-state index contributed by atoms with van der Waals surface area (Å²) in [5.74, 6) is 0.0692. The maximum atomic E-state index is 11.1. The van der Waals surface area contributed by atoms with Gasteiger partial charge in [0.05, 0.1) is 0 Å². The molecule has 1 fully saturated rings. The standard InChI is InChI=1S/C9H14O2/c10-7-8-5-3-1-2-4-6-9(8)11/h7,10H,1-6H2/p-1/b8-7-. The first-order valence-corrected chi connectivity index (χ1v) is 4.19. The number of rotatable bonds is 0. The van der Waals surface area contributed by atoms with Crippen LogP contribution in [0.4, 0.5) is 0 Å². The summed E-state index contributed by atoms with van der Waals surface area (Å²) < 4.78 is 0. The molecule has 0 spiro atoms. The third-order valence-electron chi connectivity index (χ3n) is 2.10. The predicted octanol–water partition coefficient (Wildman–Crippen LogP) is 1.15. The number of carbonyl (C=O) groups excluding carboxylic acids is 1. The molecule has 0 amide bonds. The third kappa shape index (κ3) is 2.37. The van der Waals surface area contributed by atoms with Gasteiger partial charge < -0.3 is 5.11 Å². The fraction of sp³-hybridized carbons (Fsp3) is 0.667. The highest BCUT2D eigenvalue weighted by Crippen LogP contribution is 2.17. The lowest BCUT2D eigenvalue weighted by Crippen LogP contribution is -2.08. The second-order valence-electron chi connectivity index (χ2n) is 2.98. The van der Waals surface area contributed by atoms with E-state index in [9.17, 15) is 9.90 Å². The van der Waals surface area contributed by atoms with E-state index in [2.05, 4.69) is 0 Å². The van der Waals surface area contributed by atoms with Crippen LogP contribution in [0.1, 0.15) is 38.5 Å². The lowest BCUT2D eigenvalue weighted by atomic mass is 9.96. The molecule has 0 radical (unpaired) electrons. The summed E-state index contributed by atoms with van der Waals surface area (Å²) in [4.78, 5) is 11.1. The number of ketones is 1. The van der Waals surface area contributed by atoms with Crippen LogP contribution in [0.25, 0.3) is 0 Å². The Hall–Kier alpha value is -0.790. The average Bonchev–Trinajstić information content (AvgIpc) is 1.98. The van der Waals surface area contributed by atoms with E-state index in [1.807, 2.05) is 0 Å². The quantitative estimate of drug-likeness (QED) is 0.387. The molecule has 11 heavy (non-hydrogen) atoms. The topological polar surface area (TPSA) is 40.1 Å². The normalized spacial score (nSPS) is 24.7. The molecule has 0 heterocycles. The van der Waals surface area contributed by atoms with Crippen molar-refractivity contribution >= 4 is 5.78 Å². The minimum absolute atomic E-state index is 0.0692. The van der Waals surface area contributed by atoms with Gasteiger partial charge in [-0.15, -0.1) is 6.26 Å². The van der Waals surface area contributed by atoms with E-state index >= 15 is 0 Å². The van der Waals surface area contributed by atoms with E-state index in [4.69, 9.17) is 0 Å². The zero-order chi connectivity index (χ0) is 8.10. The second kappa shape index (κ2) is 4.16. The van der Waals surface area contributed by atoms with Gasteiger partial charge in [0.15, 0.2) is 5.78 Å². The van der Waals surface area contributed by atoms with Crippen molar-refractivity contribution in [1.29, 1.82) is 0 Å². The van der Waals surface area contributed by atoms with Gasteiger partial charge in [0.25, 0.3) is 0 Å². The molecule has 2 nitrogen and oxygen atoms in total. The fourth-order valence-electron chi connectivity index (χ4n) is 1.38. The highest BCUT2D eigenvalue weighted by atomic mass is 16.2. The van der Waals surface area contributed by atoms with Crippen LogP contribution in [0, 0.1) is 0 Å². The van der Waals surface area contributed by atoms with Gasteiger partial charge in [0.1, 0.15) is 0 Å². The molecule has 0 bridgehead atoms. The summed E-state index contributed by atoms with van der Waals surface area (Å²) in [7, 11) is 0. The van der Waals surface area contributed by atoms with Gasteiger partial charge in [0.2, 0.25) is 0 Å². The van der Waals surface area contributed by atoms with Gasteiger partial charge in [-0.1, -0.05) is 12.8 Å². The Balaban J connectivity index is 2.53. The smallest absolute Gasteiger partial charge is 0.157 e. The van der Waals surface area contributed by atoms with E-state index in [1.54, 1.807) is 0 Å². The first kappa shape index (κ1) is 8.31. The van der Waals surface area contributed by atoms with Crippen LogP contribution in [-0.2, 0) is 4.79 Å². The minimum Gasteiger partial charge on any atom is -0.878 e. The van der Waals surface area contributed by atoms with Gasteiger partial charge >= 0.3 is 0 Å². The van der Waals surface area contributed by atoms with Gasteiger partial charge in [0, 0.05) is 6.42 Å². The van der Waals surface area contributed by atoms with Gasteiger partial charge in [-0.25, -0.2) is 0 Å². The Labute approximate surface area is 66.9 Å². The molecule has 0 aromatic heterocycles. The molecule has 0 unspecified atom stereocenters. The highest BCUT2D eigenvalue weighted by molar-refractivity contribution is 5.94. The Bertz CT molecular complexity index is 170. The molecule has 1 rings (SSSR count). The molecule has 1 saturated carbocycles. The maximum absolute atomic E-state index is 11.1. The lowest BCUT2D eigenvalue weighted by molar-refractivity contribution is -0.276. The van der Waals surface area contributed by atoms with Crippen LogP contribution in [0.2, 0.25) is 0 Å². The summed E-state index contributed by atoms with van der Waals surface area (Å²) in [5, 5.41) is 10.4. The molecule has 0 aromatic rings. The first-order chi connectivity index (χ1) is 5.34. The SMILES string of the molecule is O=C1CCCCCC/C1=C/[O-]. The fourth-order valence-corrected chi connectivity index (χ4v) is 1.38. The average molecular weight is 153 g/mol. The van der Waals surface area contributed by atoms with Crippen LogP contribution in [0.15, 0.2) is 11.8 Å².